The van der Waals surface area contributed by atoms with Crippen molar-refractivity contribution in [3.8, 4) is 0 Å². The maximum Gasteiger partial charge on any atom is 0.322 e. The standard InChI is InChI=1S/C11H21NO4/c1-4-9(11(14)15-3)12-8-6-7-10(13)16-5-2/h9,12H,4-8H2,1-3H3/t9-/m0/s1. The molecule has 0 spiro atoms. The van der Waals surface area contributed by atoms with Crippen LogP contribution in [0.5, 0.6) is 0 Å². The molecule has 0 unspecified atom stereocenters. The summed E-state index contributed by atoms with van der Waals surface area (Å²) in [7, 11) is 1.37. The minimum absolute atomic E-state index is 0.199. The van der Waals surface area contributed by atoms with Crippen molar-refractivity contribution in [2.75, 3.05) is 20.3 Å². The van der Waals surface area contributed by atoms with Gasteiger partial charge in [-0.2, -0.15) is 0 Å². The van der Waals surface area contributed by atoms with Crippen molar-refractivity contribution in [3.63, 3.8) is 0 Å². The Hall–Kier alpha value is -1.10. The van der Waals surface area contributed by atoms with Crippen molar-refractivity contribution >= 4 is 11.9 Å². The summed E-state index contributed by atoms with van der Waals surface area (Å²) in [6, 6.07) is -0.285. The fourth-order valence-corrected chi connectivity index (χ4v) is 1.28. The first-order chi connectivity index (χ1) is 7.65. The topological polar surface area (TPSA) is 64.6 Å². The number of ether oxygens (including phenoxy) is 2. The van der Waals surface area contributed by atoms with Crippen LogP contribution in [0.4, 0.5) is 0 Å². The number of hydrogen-bond donors (Lipinski definition) is 1. The molecule has 0 bridgehead atoms. The second-order valence-corrected chi connectivity index (χ2v) is 3.35. The van der Waals surface area contributed by atoms with Gasteiger partial charge in [0.05, 0.1) is 13.7 Å². The van der Waals surface area contributed by atoms with E-state index in [1.54, 1.807) is 6.92 Å². The Balaban J connectivity index is 3.63. The number of carbonyl (C=O) groups excluding carboxylic acids is 2. The van der Waals surface area contributed by atoms with Gasteiger partial charge in [0.15, 0.2) is 0 Å². The fraction of sp³-hybridized carbons (Fsp3) is 0.818. The van der Waals surface area contributed by atoms with E-state index < -0.39 is 0 Å². The van der Waals surface area contributed by atoms with E-state index in [1.165, 1.54) is 7.11 Å². The van der Waals surface area contributed by atoms with Gasteiger partial charge in [0.2, 0.25) is 0 Å². The maximum absolute atomic E-state index is 11.2. The van der Waals surface area contributed by atoms with Crippen LogP contribution in [0.25, 0.3) is 0 Å². The third-order valence-electron chi connectivity index (χ3n) is 2.15. The molecule has 0 aliphatic heterocycles. The van der Waals surface area contributed by atoms with Crippen molar-refractivity contribution in [1.29, 1.82) is 0 Å². The van der Waals surface area contributed by atoms with E-state index in [9.17, 15) is 9.59 Å². The summed E-state index contributed by atoms with van der Waals surface area (Å²) >= 11 is 0. The van der Waals surface area contributed by atoms with Gasteiger partial charge in [-0.25, -0.2) is 0 Å². The largest absolute Gasteiger partial charge is 0.468 e. The molecule has 5 heteroatoms. The van der Waals surface area contributed by atoms with Crippen LogP contribution in [0.2, 0.25) is 0 Å². The van der Waals surface area contributed by atoms with E-state index in [0.29, 0.717) is 32.4 Å². The highest BCUT2D eigenvalue weighted by atomic mass is 16.5. The second-order valence-electron chi connectivity index (χ2n) is 3.35. The molecule has 0 amide bonds. The summed E-state index contributed by atoms with van der Waals surface area (Å²) < 4.78 is 9.41. The van der Waals surface area contributed by atoms with Crippen LogP contribution in [0.3, 0.4) is 0 Å². The van der Waals surface area contributed by atoms with Gasteiger partial charge in [0.25, 0.3) is 0 Å². The zero-order chi connectivity index (χ0) is 12.4. The number of hydrogen-bond acceptors (Lipinski definition) is 5. The molecule has 0 aromatic heterocycles. The van der Waals surface area contributed by atoms with E-state index in [0.717, 1.165) is 0 Å². The highest BCUT2D eigenvalue weighted by molar-refractivity contribution is 5.75. The van der Waals surface area contributed by atoms with Crippen molar-refractivity contribution in [2.45, 2.75) is 39.2 Å². The molecule has 0 aliphatic rings. The lowest BCUT2D eigenvalue weighted by Gasteiger charge is -2.13. The van der Waals surface area contributed by atoms with Crippen molar-refractivity contribution < 1.29 is 19.1 Å². The van der Waals surface area contributed by atoms with Gasteiger partial charge in [0.1, 0.15) is 6.04 Å². The molecule has 0 aromatic carbocycles. The predicted molar refractivity (Wildman–Crippen MR) is 60.0 cm³/mol. The summed E-state index contributed by atoms with van der Waals surface area (Å²) in [4.78, 5) is 22.2. The Labute approximate surface area is 96.5 Å². The van der Waals surface area contributed by atoms with Gasteiger partial charge >= 0.3 is 11.9 Å². The third kappa shape index (κ3) is 6.40. The van der Waals surface area contributed by atoms with Gasteiger partial charge in [-0.1, -0.05) is 6.92 Å². The van der Waals surface area contributed by atoms with Crippen molar-refractivity contribution in [1.82, 2.24) is 5.32 Å². The Kier molecular flexibility index (Phi) is 8.52. The van der Waals surface area contributed by atoms with Crippen LogP contribution in [0.15, 0.2) is 0 Å². The van der Waals surface area contributed by atoms with Crippen LogP contribution < -0.4 is 5.32 Å². The lowest BCUT2D eigenvalue weighted by Crippen LogP contribution is -2.37. The smallest absolute Gasteiger partial charge is 0.322 e. The summed E-state index contributed by atoms with van der Waals surface area (Å²) in [6.45, 7) is 4.69. The summed E-state index contributed by atoms with van der Waals surface area (Å²) in [5, 5.41) is 3.04. The Morgan fingerprint density at radius 1 is 1.31 bits per heavy atom. The summed E-state index contributed by atoms with van der Waals surface area (Å²) in [5.41, 5.74) is 0. The highest BCUT2D eigenvalue weighted by Gasteiger charge is 2.15. The van der Waals surface area contributed by atoms with E-state index in [4.69, 9.17) is 4.74 Å². The molecule has 1 atom stereocenters. The first-order valence-corrected chi connectivity index (χ1v) is 5.62. The maximum atomic E-state index is 11.2. The Morgan fingerprint density at radius 2 is 2.00 bits per heavy atom. The average Bonchev–Trinajstić information content (AvgIpc) is 2.28. The second kappa shape index (κ2) is 9.15. The van der Waals surface area contributed by atoms with Crippen LogP contribution in [-0.2, 0) is 19.1 Å². The Bertz CT molecular complexity index is 218. The number of esters is 2. The molecule has 0 aromatic rings. The minimum Gasteiger partial charge on any atom is -0.468 e. The monoisotopic (exact) mass is 231 g/mol. The molecule has 1 N–H and O–H groups in total. The molecule has 0 heterocycles. The molecule has 0 rings (SSSR count). The van der Waals surface area contributed by atoms with Crippen LogP contribution in [-0.4, -0.2) is 38.2 Å². The third-order valence-corrected chi connectivity index (χ3v) is 2.15. The fourth-order valence-electron chi connectivity index (χ4n) is 1.28. The lowest BCUT2D eigenvalue weighted by molar-refractivity contribution is -0.143. The van der Waals surface area contributed by atoms with Gasteiger partial charge in [-0.3, -0.25) is 9.59 Å². The quantitative estimate of drug-likeness (QED) is 0.496. The first-order valence-electron chi connectivity index (χ1n) is 5.62. The molecular formula is C11H21NO4. The van der Waals surface area contributed by atoms with Gasteiger partial charge in [0, 0.05) is 6.42 Å². The van der Waals surface area contributed by atoms with Crippen molar-refractivity contribution in [3.05, 3.63) is 0 Å². The number of carbonyl (C=O) groups is 2. The molecular weight excluding hydrogens is 210 g/mol. The minimum atomic E-state index is -0.285. The van der Waals surface area contributed by atoms with Gasteiger partial charge in [-0.05, 0) is 26.3 Å². The van der Waals surface area contributed by atoms with E-state index in [1.807, 2.05) is 6.92 Å². The molecule has 0 saturated heterocycles. The van der Waals surface area contributed by atoms with Crippen molar-refractivity contribution in [2.24, 2.45) is 0 Å². The molecule has 5 nitrogen and oxygen atoms in total. The average molecular weight is 231 g/mol. The molecule has 0 fully saturated rings. The van der Waals surface area contributed by atoms with E-state index in [-0.39, 0.29) is 18.0 Å². The van der Waals surface area contributed by atoms with Gasteiger partial charge < -0.3 is 14.8 Å². The number of nitrogens with one attached hydrogen (secondary N) is 1. The van der Waals surface area contributed by atoms with E-state index >= 15 is 0 Å². The predicted octanol–water partition coefficient (Wildman–Crippen LogP) is 0.871. The summed E-state index contributed by atoms with van der Waals surface area (Å²) in [5.74, 6) is -0.464. The molecule has 0 saturated carbocycles. The molecule has 0 aliphatic carbocycles. The van der Waals surface area contributed by atoms with Gasteiger partial charge in [-0.15, -0.1) is 0 Å². The lowest BCUT2D eigenvalue weighted by atomic mass is 10.2. The van der Waals surface area contributed by atoms with Crippen LogP contribution in [0, 0.1) is 0 Å². The van der Waals surface area contributed by atoms with E-state index in [2.05, 4.69) is 10.1 Å². The zero-order valence-corrected chi connectivity index (χ0v) is 10.2. The number of methoxy groups -OCH3 is 1. The first kappa shape index (κ1) is 14.9. The normalized spacial score (nSPS) is 11.9. The van der Waals surface area contributed by atoms with Crippen LogP contribution >= 0.6 is 0 Å². The number of rotatable bonds is 8. The Morgan fingerprint density at radius 3 is 2.50 bits per heavy atom. The zero-order valence-electron chi connectivity index (χ0n) is 10.2. The molecule has 0 radical (unpaired) electrons. The molecule has 94 valence electrons. The highest BCUT2D eigenvalue weighted by Crippen LogP contribution is 1.96. The molecule has 16 heavy (non-hydrogen) atoms. The van der Waals surface area contributed by atoms with Crippen LogP contribution in [0.1, 0.15) is 33.1 Å². The SMILES string of the molecule is CCOC(=O)CCCN[C@@H](CC)C(=O)OC. The summed E-state index contributed by atoms with van der Waals surface area (Å²) in [6.07, 6.45) is 1.71.